The minimum absolute atomic E-state index is 0.101. The minimum atomic E-state index is -0.101. The summed E-state index contributed by atoms with van der Waals surface area (Å²) in [5, 5.41) is 0. The highest BCUT2D eigenvalue weighted by atomic mass is 16.1. The molecule has 1 saturated carbocycles. The largest absolute Gasteiger partial charge is 0.294 e. The third kappa shape index (κ3) is 2.82. The van der Waals surface area contributed by atoms with Crippen LogP contribution in [-0.2, 0) is 6.42 Å². The topological polar surface area (TPSA) is 17.1 Å². The van der Waals surface area contributed by atoms with Crippen molar-refractivity contribution < 1.29 is 4.79 Å². The lowest BCUT2D eigenvalue weighted by Crippen LogP contribution is -2.24. The molecule has 18 heavy (non-hydrogen) atoms. The van der Waals surface area contributed by atoms with Gasteiger partial charge in [-0.2, -0.15) is 0 Å². The van der Waals surface area contributed by atoms with Crippen LogP contribution in [0.4, 0.5) is 0 Å². The molecule has 2 rings (SSSR count). The summed E-state index contributed by atoms with van der Waals surface area (Å²) in [6, 6.07) is 8.25. The fraction of sp³-hybridized carbons (Fsp3) is 0.588. The van der Waals surface area contributed by atoms with Gasteiger partial charge in [-0.25, -0.2) is 0 Å². The molecular formula is C17H24O. The van der Waals surface area contributed by atoms with Gasteiger partial charge in [-0.05, 0) is 36.8 Å². The van der Waals surface area contributed by atoms with Gasteiger partial charge in [0.1, 0.15) is 0 Å². The Kier molecular flexibility index (Phi) is 3.89. The quantitative estimate of drug-likeness (QED) is 0.705. The Hall–Kier alpha value is -1.11. The van der Waals surface area contributed by atoms with Gasteiger partial charge in [0, 0.05) is 11.0 Å². The standard InChI is InChI=1S/C17H24O/c1-13(2)11-14-7-6-8-15(12-14)16(18)17(3)9-4-5-10-17/h6-8,12-13H,4-5,9-11H2,1-3H3. The van der Waals surface area contributed by atoms with E-state index in [0.717, 1.165) is 24.8 Å². The van der Waals surface area contributed by atoms with Crippen LogP contribution in [0.15, 0.2) is 24.3 Å². The first kappa shape index (κ1) is 13.3. The van der Waals surface area contributed by atoms with Crippen molar-refractivity contribution in [2.24, 2.45) is 11.3 Å². The van der Waals surface area contributed by atoms with Gasteiger partial charge in [-0.15, -0.1) is 0 Å². The molecule has 0 spiro atoms. The molecule has 1 aliphatic rings. The van der Waals surface area contributed by atoms with Crippen molar-refractivity contribution in [3.05, 3.63) is 35.4 Å². The van der Waals surface area contributed by atoms with Gasteiger partial charge in [0.05, 0.1) is 0 Å². The zero-order valence-corrected chi connectivity index (χ0v) is 11.8. The second-order valence-corrected chi connectivity index (χ2v) is 6.40. The van der Waals surface area contributed by atoms with Crippen molar-refractivity contribution in [1.29, 1.82) is 0 Å². The molecule has 1 nitrogen and oxygen atoms in total. The number of carbonyl (C=O) groups is 1. The van der Waals surface area contributed by atoms with Crippen molar-refractivity contribution in [2.45, 2.75) is 52.9 Å². The molecule has 0 saturated heterocycles. The van der Waals surface area contributed by atoms with Gasteiger partial charge < -0.3 is 0 Å². The van der Waals surface area contributed by atoms with Crippen molar-refractivity contribution in [2.75, 3.05) is 0 Å². The number of rotatable bonds is 4. The molecule has 0 aliphatic heterocycles. The zero-order valence-electron chi connectivity index (χ0n) is 11.8. The molecule has 0 heterocycles. The van der Waals surface area contributed by atoms with E-state index in [-0.39, 0.29) is 5.41 Å². The van der Waals surface area contributed by atoms with Crippen LogP contribution in [0, 0.1) is 11.3 Å². The van der Waals surface area contributed by atoms with Crippen molar-refractivity contribution >= 4 is 5.78 Å². The predicted octanol–water partition coefficient (Wildman–Crippen LogP) is 4.65. The van der Waals surface area contributed by atoms with Crippen LogP contribution in [0.3, 0.4) is 0 Å². The van der Waals surface area contributed by atoms with Gasteiger partial charge in [-0.1, -0.05) is 51.8 Å². The molecule has 98 valence electrons. The van der Waals surface area contributed by atoms with Crippen molar-refractivity contribution in [3.63, 3.8) is 0 Å². The summed E-state index contributed by atoms with van der Waals surface area (Å²) in [7, 11) is 0. The van der Waals surface area contributed by atoms with E-state index in [1.165, 1.54) is 18.4 Å². The summed E-state index contributed by atoms with van der Waals surface area (Å²) in [6.07, 6.45) is 5.57. The highest BCUT2D eigenvalue weighted by molar-refractivity contribution is 6.00. The molecule has 1 heteroatoms. The van der Waals surface area contributed by atoms with Crippen LogP contribution in [0.25, 0.3) is 0 Å². The van der Waals surface area contributed by atoms with Gasteiger partial charge in [0.2, 0.25) is 0 Å². The predicted molar refractivity (Wildman–Crippen MR) is 75.9 cm³/mol. The van der Waals surface area contributed by atoms with Crippen LogP contribution in [0.2, 0.25) is 0 Å². The zero-order chi connectivity index (χ0) is 13.2. The normalized spacial score (nSPS) is 18.2. The summed E-state index contributed by atoms with van der Waals surface area (Å²) in [5.41, 5.74) is 2.10. The molecule has 1 aliphatic carbocycles. The van der Waals surface area contributed by atoms with Crippen LogP contribution >= 0.6 is 0 Å². The Labute approximate surface area is 111 Å². The Morgan fingerprint density at radius 1 is 1.28 bits per heavy atom. The van der Waals surface area contributed by atoms with E-state index in [9.17, 15) is 4.79 Å². The number of carbonyl (C=O) groups excluding carboxylic acids is 1. The molecule has 0 radical (unpaired) electrons. The smallest absolute Gasteiger partial charge is 0.168 e. The van der Waals surface area contributed by atoms with E-state index >= 15 is 0 Å². The van der Waals surface area contributed by atoms with Gasteiger partial charge in [0.25, 0.3) is 0 Å². The second kappa shape index (κ2) is 5.26. The van der Waals surface area contributed by atoms with Gasteiger partial charge in [0.15, 0.2) is 5.78 Å². The summed E-state index contributed by atoms with van der Waals surface area (Å²) in [4.78, 5) is 12.6. The Morgan fingerprint density at radius 2 is 1.94 bits per heavy atom. The number of Topliss-reactive ketones (excluding diaryl/α,β-unsaturated/α-hetero) is 1. The van der Waals surface area contributed by atoms with E-state index in [1.807, 2.05) is 12.1 Å². The Bertz CT molecular complexity index is 425. The van der Waals surface area contributed by atoms with E-state index in [2.05, 4.69) is 32.9 Å². The summed E-state index contributed by atoms with van der Waals surface area (Å²) in [5.74, 6) is 0.989. The third-order valence-corrected chi connectivity index (χ3v) is 4.09. The minimum Gasteiger partial charge on any atom is -0.294 e. The molecule has 0 unspecified atom stereocenters. The monoisotopic (exact) mass is 244 g/mol. The lowest BCUT2D eigenvalue weighted by molar-refractivity contribution is 0.0823. The highest BCUT2D eigenvalue weighted by Gasteiger charge is 2.36. The van der Waals surface area contributed by atoms with Gasteiger partial charge in [-0.3, -0.25) is 4.79 Å². The number of benzene rings is 1. The van der Waals surface area contributed by atoms with E-state index in [0.29, 0.717) is 11.7 Å². The van der Waals surface area contributed by atoms with E-state index < -0.39 is 0 Å². The van der Waals surface area contributed by atoms with Crippen molar-refractivity contribution in [1.82, 2.24) is 0 Å². The van der Waals surface area contributed by atoms with Crippen molar-refractivity contribution in [3.8, 4) is 0 Å². The fourth-order valence-corrected chi connectivity index (χ4v) is 3.04. The molecule has 0 N–H and O–H groups in total. The molecule has 1 aromatic rings. The Balaban J connectivity index is 2.20. The number of hydrogen-bond donors (Lipinski definition) is 0. The van der Waals surface area contributed by atoms with E-state index in [4.69, 9.17) is 0 Å². The summed E-state index contributed by atoms with van der Waals surface area (Å²) >= 11 is 0. The fourth-order valence-electron chi connectivity index (χ4n) is 3.04. The van der Waals surface area contributed by atoms with Crippen LogP contribution in [0.5, 0.6) is 0 Å². The molecule has 0 atom stereocenters. The average molecular weight is 244 g/mol. The number of ketones is 1. The van der Waals surface area contributed by atoms with Crippen LogP contribution in [0.1, 0.15) is 62.4 Å². The third-order valence-electron chi connectivity index (χ3n) is 4.09. The molecule has 0 aromatic heterocycles. The first-order valence-corrected chi connectivity index (χ1v) is 7.15. The first-order chi connectivity index (χ1) is 8.51. The van der Waals surface area contributed by atoms with E-state index in [1.54, 1.807) is 0 Å². The summed E-state index contributed by atoms with van der Waals surface area (Å²) in [6.45, 7) is 6.57. The first-order valence-electron chi connectivity index (χ1n) is 7.15. The number of hydrogen-bond acceptors (Lipinski definition) is 1. The second-order valence-electron chi connectivity index (χ2n) is 6.40. The molecule has 1 fully saturated rings. The maximum atomic E-state index is 12.6. The molecule has 0 amide bonds. The molecule has 0 bridgehead atoms. The molecule has 1 aromatic carbocycles. The van der Waals surface area contributed by atoms with Gasteiger partial charge >= 0.3 is 0 Å². The highest BCUT2D eigenvalue weighted by Crippen LogP contribution is 2.40. The van der Waals surface area contributed by atoms with Crippen LogP contribution in [-0.4, -0.2) is 5.78 Å². The summed E-state index contributed by atoms with van der Waals surface area (Å²) < 4.78 is 0. The lowest BCUT2D eigenvalue weighted by Gasteiger charge is -2.22. The SMILES string of the molecule is CC(C)Cc1cccc(C(=O)C2(C)CCCC2)c1. The Morgan fingerprint density at radius 3 is 2.56 bits per heavy atom. The molecular weight excluding hydrogens is 220 g/mol. The van der Waals surface area contributed by atoms with Crippen LogP contribution < -0.4 is 0 Å². The average Bonchev–Trinajstić information content (AvgIpc) is 2.76. The maximum Gasteiger partial charge on any atom is 0.168 e. The maximum absolute atomic E-state index is 12.6. The lowest BCUT2D eigenvalue weighted by atomic mass is 9.80.